The summed E-state index contributed by atoms with van der Waals surface area (Å²) in [6.45, 7) is 12.2. The van der Waals surface area contributed by atoms with Crippen molar-refractivity contribution in [2.45, 2.75) is 40.0 Å². The van der Waals surface area contributed by atoms with Crippen LogP contribution in [0.4, 0.5) is 26.5 Å². The van der Waals surface area contributed by atoms with Gasteiger partial charge in [0.05, 0.1) is 28.3 Å². The summed E-state index contributed by atoms with van der Waals surface area (Å²) in [5.74, 6) is 0.499. The van der Waals surface area contributed by atoms with Crippen LogP contribution >= 0.6 is 0 Å². The molecule has 1 aliphatic rings. The van der Waals surface area contributed by atoms with Crippen LogP contribution < -0.4 is 15.5 Å². The van der Waals surface area contributed by atoms with Crippen LogP contribution in [0.25, 0.3) is 5.69 Å². The van der Waals surface area contributed by atoms with Crippen LogP contribution in [0.5, 0.6) is 0 Å². The molecule has 4 aromatic rings. The third-order valence-electron chi connectivity index (χ3n) is 7.31. The Bertz CT molecular complexity index is 1600. The first-order valence-electron chi connectivity index (χ1n) is 14.0. The monoisotopic (exact) mass is 569 g/mol. The van der Waals surface area contributed by atoms with E-state index >= 15 is 0 Å². The van der Waals surface area contributed by atoms with Crippen molar-refractivity contribution in [2.75, 3.05) is 41.7 Å². The number of rotatable bonds is 5. The number of nitrogens with one attached hydrogen (secondary N) is 2. The molecule has 2 aromatic carbocycles. The standard InChI is InChI=1S/C32H36FN7O2/c1-21-10-12-23(13-11-21)40-29(20-27(37-40)32(3,4)5)36-31(42)35-26-14-15-28(34-22(26)2)38-16-18-39(19-17-38)30(41)24-8-6-7-9-25(24)33/h6-15,20H,16-19H2,1-5H3,(H2,35,36,42). The van der Waals surface area contributed by atoms with Crippen molar-refractivity contribution in [3.8, 4) is 5.69 Å². The van der Waals surface area contributed by atoms with Gasteiger partial charge < -0.3 is 15.1 Å². The first-order chi connectivity index (χ1) is 20.0. The van der Waals surface area contributed by atoms with Gasteiger partial charge in [-0.15, -0.1) is 0 Å². The number of nitrogens with zero attached hydrogens (tertiary/aromatic N) is 5. The molecule has 2 aromatic heterocycles. The number of carbonyl (C=O) groups is 2. The van der Waals surface area contributed by atoms with Gasteiger partial charge in [0.25, 0.3) is 5.91 Å². The van der Waals surface area contributed by atoms with E-state index in [0.29, 0.717) is 43.4 Å². The van der Waals surface area contributed by atoms with Crippen molar-refractivity contribution in [1.29, 1.82) is 0 Å². The first-order valence-corrected chi connectivity index (χ1v) is 14.0. The summed E-state index contributed by atoms with van der Waals surface area (Å²) < 4.78 is 15.8. The number of piperazine rings is 1. The Morgan fingerprint density at radius 1 is 0.881 bits per heavy atom. The molecule has 3 amide bonds. The third kappa shape index (κ3) is 6.27. The number of carbonyl (C=O) groups excluding carboxylic acids is 2. The van der Waals surface area contributed by atoms with Crippen LogP contribution in [0.1, 0.15) is 48.1 Å². The van der Waals surface area contributed by atoms with Gasteiger partial charge >= 0.3 is 6.03 Å². The summed E-state index contributed by atoms with van der Waals surface area (Å²) in [6, 6.07) is 19.2. The Morgan fingerprint density at radius 2 is 1.57 bits per heavy atom. The highest BCUT2D eigenvalue weighted by Crippen LogP contribution is 2.27. The molecule has 1 saturated heterocycles. The highest BCUT2D eigenvalue weighted by atomic mass is 19.1. The molecule has 1 fully saturated rings. The van der Waals surface area contributed by atoms with Gasteiger partial charge in [-0.2, -0.15) is 5.10 Å². The lowest BCUT2D eigenvalue weighted by atomic mass is 9.92. The first kappa shape index (κ1) is 28.8. The Labute approximate surface area is 245 Å². The molecule has 0 spiro atoms. The van der Waals surface area contributed by atoms with Gasteiger partial charge in [0.1, 0.15) is 17.5 Å². The number of urea groups is 1. The minimum atomic E-state index is -0.511. The van der Waals surface area contributed by atoms with Gasteiger partial charge in [0, 0.05) is 37.7 Å². The summed E-state index contributed by atoms with van der Waals surface area (Å²) in [5, 5.41) is 10.6. The van der Waals surface area contributed by atoms with Crippen LogP contribution in [0.2, 0.25) is 0 Å². The number of halogens is 1. The average molecular weight is 570 g/mol. The molecule has 3 heterocycles. The zero-order valence-electron chi connectivity index (χ0n) is 24.6. The lowest BCUT2D eigenvalue weighted by molar-refractivity contribution is 0.0741. The predicted molar refractivity (Wildman–Crippen MR) is 163 cm³/mol. The molecule has 10 heteroatoms. The normalized spacial score (nSPS) is 13.7. The number of anilines is 3. The van der Waals surface area contributed by atoms with E-state index in [-0.39, 0.29) is 16.9 Å². The van der Waals surface area contributed by atoms with Gasteiger partial charge in [-0.25, -0.2) is 18.9 Å². The summed E-state index contributed by atoms with van der Waals surface area (Å²) in [4.78, 5) is 34.3. The second kappa shape index (κ2) is 11.6. The molecule has 9 nitrogen and oxygen atoms in total. The smallest absolute Gasteiger partial charge is 0.324 e. The van der Waals surface area contributed by atoms with E-state index in [1.165, 1.54) is 12.1 Å². The maximum atomic E-state index is 14.1. The van der Waals surface area contributed by atoms with Gasteiger partial charge in [0.2, 0.25) is 0 Å². The number of pyridine rings is 1. The molecular formula is C32H36FN7O2. The molecular weight excluding hydrogens is 533 g/mol. The van der Waals surface area contributed by atoms with Gasteiger partial charge in [0.15, 0.2) is 0 Å². The van der Waals surface area contributed by atoms with E-state index in [0.717, 1.165) is 22.8 Å². The van der Waals surface area contributed by atoms with E-state index in [1.54, 1.807) is 21.7 Å². The van der Waals surface area contributed by atoms with Gasteiger partial charge in [-0.05, 0) is 50.2 Å². The maximum absolute atomic E-state index is 14.1. The van der Waals surface area contributed by atoms with E-state index in [1.807, 2.05) is 56.3 Å². The summed E-state index contributed by atoms with van der Waals surface area (Å²) in [6.07, 6.45) is 0. The van der Waals surface area contributed by atoms with Crippen LogP contribution in [0.15, 0.2) is 66.7 Å². The zero-order valence-corrected chi connectivity index (χ0v) is 24.6. The van der Waals surface area contributed by atoms with E-state index in [4.69, 9.17) is 10.1 Å². The minimum absolute atomic E-state index is 0.0881. The lowest BCUT2D eigenvalue weighted by Gasteiger charge is -2.35. The number of aromatic nitrogens is 3. The molecule has 0 atom stereocenters. The number of hydrogen-bond acceptors (Lipinski definition) is 5. The average Bonchev–Trinajstić information content (AvgIpc) is 3.39. The number of amides is 3. The second-order valence-corrected chi connectivity index (χ2v) is 11.6. The van der Waals surface area contributed by atoms with Crippen molar-refractivity contribution >= 4 is 29.3 Å². The van der Waals surface area contributed by atoms with Gasteiger partial charge in [-0.3, -0.25) is 10.1 Å². The van der Waals surface area contributed by atoms with Crippen molar-refractivity contribution in [3.05, 3.63) is 95.1 Å². The molecule has 218 valence electrons. The number of benzene rings is 2. The van der Waals surface area contributed by atoms with E-state index < -0.39 is 11.8 Å². The Morgan fingerprint density at radius 3 is 2.21 bits per heavy atom. The Kier molecular flexibility index (Phi) is 7.98. The molecule has 5 rings (SSSR count). The SMILES string of the molecule is Cc1ccc(-n2nc(C(C)(C)C)cc2NC(=O)Nc2ccc(N3CCN(C(=O)c4ccccc4F)CC3)nc2C)cc1. The van der Waals surface area contributed by atoms with Crippen molar-refractivity contribution in [2.24, 2.45) is 0 Å². The van der Waals surface area contributed by atoms with Crippen molar-refractivity contribution < 1.29 is 14.0 Å². The quantitative estimate of drug-likeness (QED) is 0.311. The molecule has 42 heavy (non-hydrogen) atoms. The Balaban J connectivity index is 1.24. The largest absolute Gasteiger partial charge is 0.353 e. The highest BCUT2D eigenvalue weighted by molar-refractivity contribution is 6.00. The Hall–Kier alpha value is -4.73. The van der Waals surface area contributed by atoms with Crippen LogP contribution in [0, 0.1) is 19.7 Å². The van der Waals surface area contributed by atoms with Crippen molar-refractivity contribution in [1.82, 2.24) is 19.7 Å². The molecule has 0 bridgehead atoms. The summed E-state index contributed by atoms with van der Waals surface area (Å²) in [7, 11) is 0. The molecule has 0 saturated carbocycles. The maximum Gasteiger partial charge on any atom is 0.324 e. The topological polar surface area (TPSA) is 95.4 Å². The van der Waals surface area contributed by atoms with Crippen LogP contribution in [-0.2, 0) is 5.41 Å². The zero-order chi connectivity index (χ0) is 30.0. The molecule has 0 aliphatic carbocycles. The summed E-state index contributed by atoms with van der Waals surface area (Å²) >= 11 is 0. The lowest BCUT2D eigenvalue weighted by Crippen LogP contribution is -2.49. The van der Waals surface area contributed by atoms with E-state index in [9.17, 15) is 14.0 Å². The number of hydrogen-bond donors (Lipinski definition) is 2. The molecule has 0 unspecified atom stereocenters. The van der Waals surface area contributed by atoms with Gasteiger partial charge in [-0.1, -0.05) is 50.6 Å². The molecule has 2 N–H and O–H groups in total. The molecule has 0 radical (unpaired) electrons. The fraction of sp³-hybridized carbons (Fsp3) is 0.312. The number of aryl methyl sites for hydroxylation is 2. The van der Waals surface area contributed by atoms with Crippen molar-refractivity contribution in [3.63, 3.8) is 0 Å². The third-order valence-corrected chi connectivity index (χ3v) is 7.31. The highest BCUT2D eigenvalue weighted by Gasteiger charge is 2.25. The van der Waals surface area contributed by atoms with Crippen LogP contribution in [-0.4, -0.2) is 57.8 Å². The molecule has 1 aliphatic heterocycles. The fourth-order valence-electron chi connectivity index (χ4n) is 4.79. The predicted octanol–water partition coefficient (Wildman–Crippen LogP) is 5.93. The van der Waals surface area contributed by atoms with Crippen LogP contribution in [0.3, 0.4) is 0 Å². The second-order valence-electron chi connectivity index (χ2n) is 11.6. The summed E-state index contributed by atoms with van der Waals surface area (Å²) in [5.41, 5.74) is 3.98. The fourth-order valence-corrected chi connectivity index (χ4v) is 4.79. The minimum Gasteiger partial charge on any atom is -0.353 e. The van der Waals surface area contributed by atoms with E-state index in [2.05, 4.69) is 36.3 Å².